The van der Waals surface area contributed by atoms with Gasteiger partial charge >= 0.3 is 0 Å². The van der Waals surface area contributed by atoms with E-state index in [1.54, 1.807) is 7.11 Å². The number of rotatable bonds is 6. The van der Waals surface area contributed by atoms with Crippen LogP contribution in [0.3, 0.4) is 0 Å². The highest BCUT2D eigenvalue weighted by atomic mass is 16.5. The molecule has 1 aliphatic rings. The second-order valence-electron chi connectivity index (χ2n) is 6.48. The molecule has 4 rings (SSSR count). The van der Waals surface area contributed by atoms with Crippen LogP contribution in [0.2, 0.25) is 0 Å². The Morgan fingerprint density at radius 1 is 1.04 bits per heavy atom. The predicted molar refractivity (Wildman–Crippen MR) is 108 cm³/mol. The van der Waals surface area contributed by atoms with Crippen LogP contribution in [0.25, 0.3) is 10.9 Å². The summed E-state index contributed by atoms with van der Waals surface area (Å²) in [5.74, 6) is 2.54. The molecule has 0 aliphatic carbocycles. The van der Waals surface area contributed by atoms with E-state index in [1.807, 2.05) is 36.4 Å². The topological polar surface area (TPSA) is 59.5 Å². The van der Waals surface area contributed by atoms with Crippen molar-refractivity contribution in [1.82, 2.24) is 9.97 Å². The average Bonchev–Trinajstić information content (AvgIpc) is 2.74. The number of fused-ring (bicyclic) bond motifs is 1. The molecule has 1 saturated heterocycles. The van der Waals surface area contributed by atoms with Crippen molar-refractivity contribution in [2.24, 2.45) is 0 Å². The molecule has 0 unspecified atom stereocenters. The fourth-order valence-electron chi connectivity index (χ4n) is 3.37. The molecular formula is C21H24N4O2. The highest BCUT2D eigenvalue weighted by Crippen LogP contribution is 2.26. The molecule has 0 atom stereocenters. The van der Waals surface area contributed by atoms with E-state index in [9.17, 15) is 0 Å². The summed E-state index contributed by atoms with van der Waals surface area (Å²) < 4.78 is 10.9. The van der Waals surface area contributed by atoms with E-state index in [-0.39, 0.29) is 0 Å². The number of hydrogen-bond acceptors (Lipinski definition) is 6. The fraction of sp³-hybridized carbons (Fsp3) is 0.333. The molecule has 0 spiro atoms. The number of para-hydroxylation sites is 2. The third-order valence-corrected chi connectivity index (χ3v) is 4.76. The molecule has 0 saturated carbocycles. The van der Waals surface area contributed by atoms with Gasteiger partial charge in [0.1, 0.15) is 11.6 Å². The Kier molecular flexibility index (Phi) is 5.34. The zero-order valence-electron chi connectivity index (χ0n) is 15.5. The quantitative estimate of drug-likeness (QED) is 0.725. The molecule has 1 N–H and O–H groups in total. The lowest BCUT2D eigenvalue weighted by atomic mass is 10.1. The number of nitrogens with zero attached hydrogens (tertiary/aromatic N) is 3. The summed E-state index contributed by atoms with van der Waals surface area (Å²) in [6.45, 7) is 3.90. The molecule has 27 heavy (non-hydrogen) atoms. The van der Waals surface area contributed by atoms with Crippen molar-refractivity contribution < 1.29 is 9.47 Å². The van der Waals surface area contributed by atoms with E-state index in [2.05, 4.69) is 22.3 Å². The van der Waals surface area contributed by atoms with E-state index in [4.69, 9.17) is 19.4 Å². The molecule has 3 aromatic rings. The first kappa shape index (κ1) is 17.5. The number of benzene rings is 2. The Bertz CT molecular complexity index is 910. The highest BCUT2D eigenvalue weighted by Gasteiger charge is 2.17. The third kappa shape index (κ3) is 3.95. The summed E-state index contributed by atoms with van der Waals surface area (Å²) in [5, 5.41) is 4.46. The second kappa shape index (κ2) is 8.22. The Morgan fingerprint density at radius 2 is 1.81 bits per heavy atom. The molecule has 6 nitrogen and oxygen atoms in total. The van der Waals surface area contributed by atoms with Gasteiger partial charge in [0, 0.05) is 25.0 Å². The molecule has 2 aromatic carbocycles. The third-order valence-electron chi connectivity index (χ3n) is 4.76. The van der Waals surface area contributed by atoms with Crippen LogP contribution >= 0.6 is 0 Å². The van der Waals surface area contributed by atoms with Gasteiger partial charge in [0.15, 0.2) is 0 Å². The van der Waals surface area contributed by atoms with Gasteiger partial charge in [-0.3, -0.25) is 0 Å². The van der Waals surface area contributed by atoms with Gasteiger partial charge in [-0.15, -0.1) is 0 Å². The summed E-state index contributed by atoms with van der Waals surface area (Å²) in [5.41, 5.74) is 2.12. The maximum Gasteiger partial charge on any atom is 0.225 e. The number of ether oxygens (including phenoxy) is 2. The molecule has 2 heterocycles. The molecule has 1 fully saturated rings. The highest BCUT2D eigenvalue weighted by molar-refractivity contribution is 5.90. The van der Waals surface area contributed by atoms with Gasteiger partial charge in [-0.05, 0) is 30.2 Å². The lowest BCUT2D eigenvalue weighted by molar-refractivity contribution is 0.122. The van der Waals surface area contributed by atoms with Gasteiger partial charge in [0.2, 0.25) is 5.95 Å². The second-order valence-corrected chi connectivity index (χ2v) is 6.48. The smallest absolute Gasteiger partial charge is 0.225 e. The number of hydrogen-bond donors (Lipinski definition) is 1. The van der Waals surface area contributed by atoms with Crippen molar-refractivity contribution >= 4 is 22.7 Å². The van der Waals surface area contributed by atoms with Crippen molar-refractivity contribution in [3.05, 3.63) is 54.1 Å². The van der Waals surface area contributed by atoms with Crippen LogP contribution < -0.4 is 15.0 Å². The Balaban J connectivity index is 1.54. The van der Waals surface area contributed by atoms with Crippen molar-refractivity contribution in [1.29, 1.82) is 0 Å². The van der Waals surface area contributed by atoms with Crippen LogP contribution in [0, 0.1) is 0 Å². The van der Waals surface area contributed by atoms with Gasteiger partial charge in [-0.1, -0.05) is 30.3 Å². The first-order chi connectivity index (χ1) is 13.3. The lowest BCUT2D eigenvalue weighted by Gasteiger charge is -2.29. The lowest BCUT2D eigenvalue weighted by Crippen LogP contribution is -2.37. The van der Waals surface area contributed by atoms with Crippen molar-refractivity contribution in [2.45, 2.75) is 6.42 Å². The summed E-state index contributed by atoms with van der Waals surface area (Å²) in [6, 6.07) is 16.2. The van der Waals surface area contributed by atoms with Crippen molar-refractivity contribution in [2.75, 3.05) is 50.2 Å². The zero-order valence-corrected chi connectivity index (χ0v) is 15.5. The SMILES string of the molecule is COc1ccccc1CCNc1nc(N2CCOCC2)c2ccccc2n1. The number of morpholine rings is 1. The maximum atomic E-state index is 5.49. The van der Waals surface area contributed by atoms with Crippen molar-refractivity contribution in [3.8, 4) is 5.75 Å². The molecule has 6 heteroatoms. The minimum absolute atomic E-state index is 0.657. The first-order valence-corrected chi connectivity index (χ1v) is 9.30. The Morgan fingerprint density at radius 3 is 2.67 bits per heavy atom. The number of nitrogens with one attached hydrogen (secondary N) is 1. The van der Waals surface area contributed by atoms with Crippen LogP contribution in [0.5, 0.6) is 5.75 Å². The van der Waals surface area contributed by atoms with E-state index >= 15 is 0 Å². The first-order valence-electron chi connectivity index (χ1n) is 9.30. The molecule has 0 radical (unpaired) electrons. The van der Waals surface area contributed by atoms with Gasteiger partial charge in [0.25, 0.3) is 0 Å². The Labute approximate surface area is 159 Å². The van der Waals surface area contributed by atoms with Gasteiger partial charge < -0.3 is 19.7 Å². The standard InChI is InChI=1S/C21H24N4O2/c1-26-19-9-5-2-6-16(19)10-11-22-21-23-18-8-4-3-7-17(18)20(24-21)25-12-14-27-15-13-25/h2-9H,10-15H2,1H3,(H,22,23,24). The number of aromatic nitrogens is 2. The molecular weight excluding hydrogens is 340 g/mol. The summed E-state index contributed by atoms with van der Waals surface area (Å²) in [7, 11) is 1.70. The van der Waals surface area contributed by atoms with E-state index in [1.165, 1.54) is 5.56 Å². The van der Waals surface area contributed by atoms with Crippen LogP contribution in [0.15, 0.2) is 48.5 Å². The van der Waals surface area contributed by atoms with Crippen molar-refractivity contribution in [3.63, 3.8) is 0 Å². The fourth-order valence-corrected chi connectivity index (χ4v) is 3.37. The van der Waals surface area contributed by atoms with Gasteiger partial charge in [0.05, 0.1) is 25.8 Å². The van der Waals surface area contributed by atoms with Gasteiger partial charge in [-0.2, -0.15) is 4.98 Å². The van der Waals surface area contributed by atoms with Crippen LogP contribution in [-0.2, 0) is 11.2 Å². The van der Waals surface area contributed by atoms with E-state index in [0.29, 0.717) is 5.95 Å². The molecule has 140 valence electrons. The van der Waals surface area contributed by atoms with E-state index in [0.717, 1.165) is 61.7 Å². The monoisotopic (exact) mass is 364 g/mol. The molecule has 0 bridgehead atoms. The summed E-state index contributed by atoms with van der Waals surface area (Å²) in [4.78, 5) is 11.8. The molecule has 0 amide bonds. The average molecular weight is 364 g/mol. The van der Waals surface area contributed by atoms with Crippen LogP contribution in [0.1, 0.15) is 5.56 Å². The van der Waals surface area contributed by atoms with Crippen LogP contribution in [0.4, 0.5) is 11.8 Å². The molecule has 1 aromatic heterocycles. The normalized spacial score (nSPS) is 14.3. The van der Waals surface area contributed by atoms with Gasteiger partial charge in [-0.25, -0.2) is 4.98 Å². The summed E-state index contributed by atoms with van der Waals surface area (Å²) >= 11 is 0. The minimum atomic E-state index is 0.657. The number of anilines is 2. The predicted octanol–water partition coefficient (Wildman–Crippen LogP) is 3.13. The largest absolute Gasteiger partial charge is 0.496 e. The Hall–Kier alpha value is -2.86. The van der Waals surface area contributed by atoms with Crippen LogP contribution in [-0.4, -0.2) is 49.9 Å². The molecule has 1 aliphatic heterocycles. The summed E-state index contributed by atoms with van der Waals surface area (Å²) in [6.07, 6.45) is 0.840. The maximum absolute atomic E-state index is 5.49. The zero-order chi connectivity index (χ0) is 18.5. The minimum Gasteiger partial charge on any atom is -0.496 e. The number of methoxy groups -OCH3 is 1. The van der Waals surface area contributed by atoms with E-state index < -0.39 is 0 Å².